The normalized spacial score (nSPS) is 16.1. The van der Waals surface area contributed by atoms with E-state index in [2.05, 4.69) is 0 Å². The molecule has 2 aromatic rings. The van der Waals surface area contributed by atoms with Gasteiger partial charge in [-0.2, -0.15) is 0 Å². The Kier molecular flexibility index (Phi) is 4.66. The highest BCUT2D eigenvalue weighted by Gasteiger charge is 2.35. The second kappa shape index (κ2) is 6.88. The summed E-state index contributed by atoms with van der Waals surface area (Å²) in [6.45, 7) is -0.0766. The first-order chi connectivity index (χ1) is 11.6. The third-order valence-corrected chi connectivity index (χ3v) is 4.46. The van der Waals surface area contributed by atoms with Crippen LogP contribution in [0.2, 0.25) is 0 Å². The average molecular weight is 343 g/mol. The minimum atomic E-state index is -0.437. The summed E-state index contributed by atoms with van der Waals surface area (Å²) in [6, 6.07) is 13.3. The molecule has 4 nitrogen and oxygen atoms in total. The summed E-state index contributed by atoms with van der Waals surface area (Å²) >= 11 is 0.850. The molecule has 0 radical (unpaired) electrons. The summed E-state index contributed by atoms with van der Waals surface area (Å²) in [5.41, 5.74) is 1.06. The zero-order chi connectivity index (χ0) is 17.1. The largest absolute Gasteiger partial charge is 0.497 e. The smallest absolute Gasteiger partial charge is 0.293 e. The lowest BCUT2D eigenvalue weighted by Crippen LogP contribution is -2.27. The molecule has 0 spiro atoms. The average Bonchev–Trinajstić information content (AvgIpc) is 2.84. The third kappa shape index (κ3) is 3.33. The lowest BCUT2D eigenvalue weighted by atomic mass is 10.2. The van der Waals surface area contributed by atoms with Gasteiger partial charge in [-0.15, -0.1) is 0 Å². The predicted octanol–water partition coefficient (Wildman–Crippen LogP) is 4.07. The van der Waals surface area contributed by atoms with Gasteiger partial charge in [0.15, 0.2) is 0 Å². The molecule has 2 amide bonds. The van der Waals surface area contributed by atoms with E-state index in [0.29, 0.717) is 16.2 Å². The van der Waals surface area contributed by atoms with Crippen molar-refractivity contribution in [1.29, 1.82) is 0 Å². The van der Waals surface area contributed by atoms with E-state index in [1.807, 2.05) is 6.07 Å². The number of carbonyl (C=O) groups is 2. The first kappa shape index (κ1) is 16.3. The van der Waals surface area contributed by atoms with Crippen molar-refractivity contribution in [1.82, 2.24) is 4.90 Å². The van der Waals surface area contributed by atoms with Crippen LogP contribution in [0.4, 0.5) is 9.18 Å². The van der Waals surface area contributed by atoms with Gasteiger partial charge in [-0.3, -0.25) is 14.5 Å². The Morgan fingerprint density at radius 3 is 2.71 bits per heavy atom. The van der Waals surface area contributed by atoms with Gasteiger partial charge in [-0.1, -0.05) is 30.3 Å². The van der Waals surface area contributed by atoms with E-state index in [-0.39, 0.29) is 6.54 Å². The highest BCUT2D eigenvalue weighted by atomic mass is 32.2. The molecule has 1 aliphatic rings. The third-order valence-electron chi connectivity index (χ3n) is 3.55. The number of thioether (sulfide) groups is 1. The first-order valence-corrected chi connectivity index (χ1v) is 8.03. The lowest BCUT2D eigenvalue weighted by Gasteiger charge is -2.12. The molecule has 0 atom stereocenters. The molecule has 122 valence electrons. The zero-order valence-corrected chi connectivity index (χ0v) is 13.7. The zero-order valence-electron chi connectivity index (χ0n) is 12.9. The molecule has 0 N–H and O–H groups in total. The van der Waals surface area contributed by atoms with Gasteiger partial charge < -0.3 is 4.74 Å². The second-order valence-electron chi connectivity index (χ2n) is 5.14. The van der Waals surface area contributed by atoms with E-state index in [9.17, 15) is 14.0 Å². The van der Waals surface area contributed by atoms with Gasteiger partial charge in [-0.25, -0.2) is 4.39 Å². The number of benzene rings is 2. The number of nitrogens with zero attached hydrogens (tertiary/aromatic N) is 1. The van der Waals surface area contributed by atoms with Gasteiger partial charge in [0.25, 0.3) is 11.1 Å². The Bertz CT molecular complexity index is 835. The molecule has 1 fully saturated rings. The molecule has 24 heavy (non-hydrogen) atoms. The topological polar surface area (TPSA) is 46.6 Å². The summed E-state index contributed by atoms with van der Waals surface area (Å²) in [5.74, 6) is -0.196. The highest BCUT2D eigenvalue weighted by molar-refractivity contribution is 8.18. The number of halogens is 1. The SMILES string of the molecule is COc1cccc(/C=C2\SC(=O)N(Cc3ccccc3F)C2=O)c1. The Hall–Kier alpha value is -2.60. The van der Waals surface area contributed by atoms with E-state index in [0.717, 1.165) is 22.2 Å². The molecule has 0 aliphatic carbocycles. The van der Waals surface area contributed by atoms with Gasteiger partial charge in [0.05, 0.1) is 18.6 Å². The van der Waals surface area contributed by atoms with E-state index < -0.39 is 17.0 Å². The number of hydrogen-bond acceptors (Lipinski definition) is 4. The van der Waals surface area contributed by atoms with E-state index in [1.165, 1.54) is 6.07 Å². The molecular formula is C18H14FNO3S. The van der Waals surface area contributed by atoms with E-state index in [1.54, 1.807) is 49.6 Å². The Morgan fingerprint density at radius 2 is 1.96 bits per heavy atom. The summed E-state index contributed by atoms with van der Waals surface area (Å²) in [4.78, 5) is 25.9. The number of imide groups is 1. The predicted molar refractivity (Wildman–Crippen MR) is 90.9 cm³/mol. The maximum Gasteiger partial charge on any atom is 0.293 e. The minimum Gasteiger partial charge on any atom is -0.497 e. The van der Waals surface area contributed by atoms with Crippen molar-refractivity contribution in [3.05, 3.63) is 70.4 Å². The quantitative estimate of drug-likeness (QED) is 0.785. The summed E-state index contributed by atoms with van der Waals surface area (Å²) < 4.78 is 18.9. The van der Waals surface area contributed by atoms with Gasteiger partial charge >= 0.3 is 0 Å². The lowest BCUT2D eigenvalue weighted by molar-refractivity contribution is -0.123. The van der Waals surface area contributed by atoms with Crippen molar-refractivity contribution in [3.63, 3.8) is 0 Å². The van der Waals surface area contributed by atoms with Crippen LogP contribution in [-0.2, 0) is 11.3 Å². The molecule has 0 bridgehead atoms. The molecule has 2 aromatic carbocycles. The van der Waals surface area contributed by atoms with Crippen molar-refractivity contribution in [2.75, 3.05) is 7.11 Å². The molecule has 1 saturated heterocycles. The van der Waals surface area contributed by atoms with Crippen LogP contribution in [0.15, 0.2) is 53.4 Å². The fraction of sp³-hybridized carbons (Fsp3) is 0.111. The minimum absolute atomic E-state index is 0.0766. The van der Waals surface area contributed by atoms with E-state index >= 15 is 0 Å². The number of amides is 2. The van der Waals surface area contributed by atoms with Crippen LogP contribution in [0, 0.1) is 5.82 Å². The number of ether oxygens (including phenoxy) is 1. The van der Waals surface area contributed by atoms with Gasteiger partial charge in [0, 0.05) is 5.56 Å². The monoisotopic (exact) mass is 343 g/mol. The Labute approximate surface area is 142 Å². The van der Waals surface area contributed by atoms with E-state index in [4.69, 9.17) is 4.74 Å². The van der Waals surface area contributed by atoms with Crippen LogP contribution in [0.5, 0.6) is 5.75 Å². The second-order valence-corrected chi connectivity index (χ2v) is 6.13. The van der Waals surface area contributed by atoms with Crippen molar-refractivity contribution < 1.29 is 18.7 Å². The summed E-state index contributed by atoms with van der Waals surface area (Å²) in [6.07, 6.45) is 1.63. The number of hydrogen-bond donors (Lipinski definition) is 0. The van der Waals surface area contributed by atoms with Crippen LogP contribution in [-0.4, -0.2) is 23.2 Å². The molecule has 0 saturated carbocycles. The number of methoxy groups -OCH3 is 1. The molecule has 3 rings (SSSR count). The van der Waals surface area contributed by atoms with Gasteiger partial charge in [0.2, 0.25) is 0 Å². The van der Waals surface area contributed by atoms with Crippen molar-refractivity contribution >= 4 is 29.0 Å². The van der Waals surface area contributed by atoms with Crippen LogP contribution in [0.25, 0.3) is 6.08 Å². The number of carbonyl (C=O) groups excluding carboxylic acids is 2. The Balaban J connectivity index is 1.83. The highest BCUT2D eigenvalue weighted by Crippen LogP contribution is 2.33. The fourth-order valence-electron chi connectivity index (χ4n) is 2.32. The van der Waals surface area contributed by atoms with Crippen molar-refractivity contribution in [3.8, 4) is 5.75 Å². The van der Waals surface area contributed by atoms with Crippen LogP contribution in [0.3, 0.4) is 0 Å². The maximum atomic E-state index is 13.7. The van der Waals surface area contributed by atoms with Crippen molar-refractivity contribution in [2.45, 2.75) is 6.54 Å². The Morgan fingerprint density at radius 1 is 1.17 bits per heavy atom. The number of rotatable bonds is 4. The molecule has 1 aliphatic heterocycles. The van der Waals surface area contributed by atoms with Gasteiger partial charge in [0.1, 0.15) is 11.6 Å². The first-order valence-electron chi connectivity index (χ1n) is 7.21. The molecule has 6 heteroatoms. The maximum absolute atomic E-state index is 13.7. The van der Waals surface area contributed by atoms with Crippen LogP contribution < -0.4 is 4.74 Å². The van der Waals surface area contributed by atoms with Crippen LogP contribution in [0.1, 0.15) is 11.1 Å². The summed E-state index contributed by atoms with van der Waals surface area (Å²) in [7, 11) is 1.56. The standard InChI is InChI=1S/C18H14FNO3S/c1-23-14-7-4-5-12(9-14)10-16-17(21)20(18(22)24-16)11-13-6-2-3-8-15(13)19/h2-10H,11H2,1H3/b16-10-. The van der Waals surface area contributed by atoms with Crippen LogP contribution >= 0.6 is 11.8 Å². The fourth-order valence-corrected chi connectivity index (χ4v) is 3.15. The van der Waals surface area contributed by atoms with Crippen molar-refractivity contribution in [2.24, 2.45) is 0 Å². The molecule has 1 heterocycles. The summed E-state index contributed by atoms with van der Waals surface area (Å²) in [5, 5.41) is -0.405. The molecule has 0 aromatic heterocycles. The molecule has 0 unspecified atom stereocenters. The van der Waals surface area contributed by atoms with Gasteiger partial charge in [-0.05, 0) is 41.6 Å². The molecular weight excluding hydrogens is 329 g/mol.